The Labute approximate surface area is 380 Å². The van der Waals surface area contributed by atoms with Gasteiger partial charge in [-0.15, -0.1) is 0 Å². The van der Waals surface area contributed by atoms with Crippen LogP contribution in [0, 0.1) is 0 Å². The number of benzene rings is 2. The molecule has 0 atom stereocenters. The maximum Gasteiger partial charge on any atom is 0.211 e. The zero-order valence-corrected chi connectivity index (χ0v) is 41.1. The van der Waals surface area contributed by atoms with Crippen molar-refractivity contribution in [3.63, 3.8) is 0 Å². The zero-order valence-electron chi connectivity index (χ0n) is 41.1. The molecule has 0 N–H and O–H groups in total. The Bertz CT molecular complexity index is 1440. The molecule has 0 fully saturated rings. The molecule has 1 aliphatic heterocycles. The fourth-order valence-electron chi connectivity index (χ4n) is 9.79. The van der Waals surface area contributed by atoms with Crippen LogP contribution in [0.4, 0.5) is 0 Å². The normalized spacial score (nSPS) is 13.1. The minimum Gasteiger partial charge on any atom is -0.493 e. The largest absolute Gasteiger partial charge is 0.493 e. The average Bonchev–Trinajstić information content (AvgIpc) is 3.55. The smallest absolute Gasteiger partial charge is 0.211 e. The van der Waals surface area contributed by atoms with Crippen molar-refractivity contribution in [2.24, 2.45) is 0 Å². The van der Waals surface area contributed by atoms with E-state index in [-0.39, 0.29) is 0 Å². The molecule has 3 rings (SSSR count). The van der Waals surface area contributed by atoms with E-state index < -0.39 is 0 Å². The lowest BCUT2D eigenvalue weighted by molar-refractivity contribution is -0.345. The highest BCUT2D eigenvalue weighted by molar-refractivity contribution is 5.82. The number of aryl methyl sites for hydroxylation is 2. The van der Waals surface area contributed by atoms with Crippen LogP contribution in [-0.2, 0) is 12.8 Å². The maximum atomic E-state index is 12.1. The van der Waals surface area contributed by atoms with E-state index in [9.17, 15) is 5.53 Å². The summed E-state index contributed by atoms with van der Waals surface area (Å²) in [6, 6.07) is 18.3. The number of hydrogen-bond acceptors (Lipinski definition) is 0. The number of unbranched alkanes of at least 4 members (excludes halogenated alkanes) is 31. The van der Waals surface area contributed by atoms with Gasteiger partial charge < -0.3 is 5.53 Å². The number of nitrogens with zero attached hydrogens (tertiary/aromatic N) is 2. The summed E-state index contributed by atoms with van der Waals surface area (Å²) in [4.78, 5) is 0. The molecule has 0 amide bonds. The molecule has 2 aromatic carbocycles. The first-order valence-electron chi connectivity index (χ1n) is 27.3. The van der Waals surface area contributed by atoms with Gasteiger partial charge in [-0.3, -0.25) is 0 Å². The van der Waals surface area contributed by atoms with E-state index in [4.69, 9.17) is 0 Å². The molecule has 0 radical (unpaired) electrons. The topological polar surface area (TPSA) is 25.3 Å². The average molecular weight is 835 g/mol. The summed E-state index contributed by atoms with van der Waals surface area (Å²) in [7, 11) is 0. The van der Waals surface area contributed by atoms with Gasteiger partial charge in [-0.05, 0) is 86.8 Å². The quantitative estimate of drug-likeness (QED) is 0.0471. The van der Waals surface area contributed by atoms with E-state index in [0.717, 1.165) is 48.2 Å². The van der Waals surface area contributed by atoms with Crippen molar-refractivity contribution in [3.05, 3.63) is 87.5 Å². The van der Waals surface area contributed by atoms with Crippen LogP contribution in [0.25, 0.3) is 16.9 Å². The highest BCUT2D eigenvalue weighted by Gasteiger charge is 2.35. The Kier molecular flexibility index (Phi) is 31.1. The number of hydrogen-bond donors (Lipinski definition) is 0. The van der Waals surface area contributed by atoms with Crippen LogP contribution in [0.5, 0.6) is 0 Å². The fraction of sp³-hybridized carbons (Fsp3) is 0.729. The van der Waals surface area contributed by atoms with Gasteiger partial charge in [-0.25, -0.2) is 4.70 Å². The third-order valence-electron chi connectivity index (χ3n) is 13.7. The molecule has 0 saturated carbocycles. The van der Waals surface area contributed by atoms with Crippen molar-refractivity contribution in [2.75, 3.05) is 0 Å². The molecule has 1 aliphatic rings. The molecular formula is C59H98N2. The lowest BCUT2D eigenvalue weighted by Gasteiger charge is -2.11. The van der Waals surface area contributed by atoms with Crippen molar-refractivity contribution < 1.29 is 4.70 Å². The molecular weight excluding hydrogens is 737 g/mol. The summed E-state index contributed by atoms with van der Waals surface area (Å²) >= 11 is 0. The summed E-state index contributed by atoms with van der Waals surface area (Å²) in [5, 5.41) is 0. The van der Waals surface area contributed by atoms with Crippen LogP contribution in [0.15, 0.2) is 59.7 Å². The van der Waals surface area contributed by atoms with Crippen molar-refractivity contribution in [3.8, 4) is 0 Å². The molecule has 2 nitrogen and oxygen atoms in total. The zero-order chi connectivity index (χ0) is 43.4. The molecule has 61 heavy (non-hydrogen) atoms. The second-order valence-corrected chi connectivity index (χ2v) is 19.3. The summed E-state index contributed by atoms with van der Waals surface area (Å²) in [5.74, 6) is 0. The first-order chi connectivity index (χ1) is 30.1. The monoisotopic (exact) mass is 835 g/mol. The van der Waals surface area contributed by atoms with Crippen LogP contribution in [-0.4, -0.2) is 4.70 Å². The predicted molar refractivity (Wildman–Crippen MR) is 271 cm³/mol. The van der Waals surface area contributed by atoms with Gasteiger partial charge in [0.25, 0.3) is 0 Å². The van der Waals surface area contributed by atoms with E-state index >= 15 is 0 Å². The molecule has 0 aromatic heterocycles. The highest BCUT2D eigenvalue weighted by Crippen LogP contribution is 2.44. The Hall–Kier alpha value is -2.48. The van der Waals surface area contributed by atoms with E-state index in [1.54, 1.807) is 4.70 Å². The van der Waals surface area contributed by atoms with Gasteiger partial charge in [0.15, 0.2) is 0 Å². The van der Waals surface area contributed by atoms with E-state index in [2.05, 4.69) is 76.2 Å². The number of allylic oxidation sites excluding steroid dienone is 2. The SMILES string of the molecule is CCCCCCCCCCCCCCCCCCCCCCCCCCCCCc1ccc(C2=C(CCCCC)C(CCCCC)=C(c3cccc(CCCC)c3)[N+]2=[N-])cc1. The number of rotatable bonds is 41. The molecule has 0 spiro atoms. The van der Waals surface area contributed by atoms with E-state index in [1.807, 2.05) is 0 Å². The van der Waals surface area contributed by atoms with Gasteiger partial charge in [-0.1, -0.05) is 251 Å². The first kappa shape index (κ1) is 52.9. The molecule has 344 valence electrons. The molecule has 2 heteroatoms. The molecule has 0 unspecified atom stereocenters. The van der Waals surface area contributed by atoms with Gasteiger partial charge >= 0.3 is 0 Å². The Morgan fingerprint density at radius 1 is 0.311 bits per heavy atom. The third kappa shape index (κ3) is 22.6. The summed E-state index contributed by atoms with van der Waals surface area (Å²) in [5.41, 5.74) is 22.0. The van der Waals surface area contributed by atoms with Gasteiger partial charge in [0.1, 0.15) is 0 Å². The van der Waals surface area contributed by atoms with E-state index in [0.29, 0.717) is 0 Å². The lowest BCUT2D eigenvalue weighted by atomic mass is 9.91. The van der Waals surface area contributed by atoms with Crippen LogP contribution in [0.1, 0.15) is 288 Å². The molecule has 0 bridgehead atoms. The van der Waals surface area contributed by atoms with Gasteiger partial charge in [-0.2, -0.15) is 0 Å². The second kappa shape index (κ2) is 35.9. The van der Waals surface area contributed by atoms with E-state index in [1.165, 1.54) is 247 Å². The minimum absolute atomic E-state index is 1.03. The Balaban J connectivity index is 1.27. The summed E-state index contributed by atoms with van der Waals surface area (Å²) < 4.78 is 1.58. The van der Waals surface area contributed by atoms with Gasteiger partial charge in [0.2, 0.25) is 11.4 Å². The summed E-state index contributed by atoms with van der Waals surface area (Å²) in [6.45, 7) is 9.15. The van der Waals surface area contributed by atoms with Crippen LogP contribution >= 0.6 is 0 Å². The lowest BCUT2D eigenvalue weighted by Crippen LogP contribution is -2.03. The molecule has 0 aliphatic carbocycles. The van der Waals surface area contributed by atoms with Crippen molar-refractivity contribution in [2.45, 2.75) is 278 Å². The predicted octanol–water partition coefficient (Wildman–Crippen LogP) is 20.5. The van der Waals surface area contributed by atoms with Crippen LogP contribution < -0.4 is 0 Å². The fourth-order valence-corrected chi connectivity index (χ4v) is 9.79. The maximum absolute atomic E-state index is 12.1. The van der Waals surface area contributed by atoms with Crippen molar-refractivity contribution in [1.82, 2.24) is 0 Å². The second-order valence-electron chi connectivity index (χ2n) is 19.3. The third-order valence-corrected chi connectivity index (χ3v) is 13.7. The molecule has 0 saturated heterocycles. The van der Waals surface area contributed by atoms with Gasteiger partial charge in [0, 0.05) is 22.3 Å². The first-order valence-corrected chi connectivity index (χ1v) is 27.3. The Morgan fingerprint density at radius 2 is 0.639 bits per heavy atom. The Morgan fingerprint density at radius 3 is 1.05 bits per heavy atom. The minimum atomic E-state index is 1.03. The molecule has 1 heterocycles. The van der Waals surface area contributed by atoms with Crippen molar-refractivity contribution >= 4 is 11.4 Å². The standard InChI is InChI=1S/C59H98N2/c1-5-9-13-14-15-16-17-18-19-20-21-22-23-24-25-26-27-28-29-30-31-32-33-34-35-36-39-42-52-47-49-54(50-48-52)58-56(45-37-10-6-2)57(46-38-11-7-3)59(61(58)60)55-44-40-43-53(51-55)41-12-8-4/h40,43-44,47-51H,5-39,41-42,45-46H2,1-4H3. The molecule has 2 aromatic rings. The van der Waals surface area contributed by atoms with Crippen molar-refractivity contribution in [1.29, 1.82) is 0 Å². The van der Waals surface area contributed by atoms with Gasteiger partial charge in [0.05, 0.1) is 0 Å². The highest BCUT2D eigenvalue weighted by atomic mass is 15.2. The summed E-state index contributed by atoms with van der Waals surface area (Å²) in [6.07, 6.45) is 52.8. The van der Waals surface area contributed by atoms with Crippen LogP contribution in [0.3, 0.4) is 0 Å². The van der Waals surface area contributed by atoms with Crippen LogP contribution in [0.2, 0.25) is 0 Å².